The summed E-state index contributed by atoms with van der Waals surface area (Å²) in [6.07, 6.45) is 2.80. The van der Waals surface area contributed by atoms with E-state index in [2.05, 4.69) is 4.90 Å². The molecule has 0 unspecified atom stereocenters. The predicted octanol–water partition coefficient (Wildman–Crippen LogP) is -0.342. The van der Waals surface area contributed by atoms with Gasteiger partial charge < -0.3 is 15.4 Å². The normalized spacial score (nSPS) is 26.4. The Bertz CT molecular complexity index is 246. The molecule has 1 atom stereocenters. The summed E-state index contributed by atoms with van der Waals surface area (Å²) in [7, 11) is 0. The van der Waals surface area contributed by atoms with Crippen LogP contribution in [0.15, 0.2) is 0 Å². The molecule has 1 amide bonds. The molecule has 5 heteroatoms. The van der Waals surface area contributed by atoms with Crippen LogP contribution in [0.1, 0.15) is 19.3 Å². The van der Waals surface area contributed by atoms with Crippen molar-refractivity contribution < 1.29 is 9.53 Å². The maximum atomic E-state index is 12.1. The Labute approximate surface area is 103 Å². The van der Waals surface area contributed by atoms with Gasteiger partial charge in [0, 0.05) is 32.8 Å². The molecule has 2 aliphatic heterocycles. The lowest BCUT2D eigenvalue weighted by Gasteiger charge is -2.35. The molecule has 0 aromatic heterocycles. The van der Waals surface area contributed by atoms with E-state index in [1.54, 1.807) is 0 Å². The van der Waals surface area contributed by atoms with E-state index >= 15 is 0 Å². The molecule has 0 aromatic carbocycles. The molecule has 0 aromatic rings. The molecule has 5 nitrogen and oxygen atoms in total. The predicted molar refractivity (Wildman–Crippen MR) is 65.7 cm³/mol. The number of carbonyl (C=O) groups is 1. The fourth-order valence-corrected chi connectivity index (χ4v) is 2.48. The molecule has 2 saturated heterocycles. The number of rotatable bonds is 4. The van der Waals surface area contributed by atoms with Crippen LogP contribution in [0.4, 0.5) is 0 Å². The topological polar surface area (TPSA) is 58.8 Å². The van der Waals surface area contributed by atoms with Crippen LogP contribution >= 0.6 is 0 Å². The number of carbonyl (C=O) groups excluding carboxylic acids is 1. The van der Waals surface area contributed by atoms with Gasteiger partial charge in [-0.25, -0.2) is 0 Å². The summed E-state index contributed by atoms with van der Waals surface area (Å²) in [5, 5.41) is 0. The lowest BCUT2D eigenvalue weighted by molar-refractivity contribution is -0.142. The van der Waals surface area contributed by atoms with Crippen molar-refractivity contribution in [1.29, 1.82) is 0 Å². The first-order valence-corrected chi connectivity index (χ1v) is 6.64. The van der Waals surface area contributed by atoms with Gasteiger partial charge in [0.05, 0.1) is 0 Å². The monoisotopic (exact) mass is 241 g/mol. The quantitative estimate of drug-likeness (QED) is 0.731. The second kappa shape index (κ2) is 6.33. The Morgan fingerprint density at radius 2 is 2.06 bits per heavy atom. The maximum Gasteiger partial charge on any atom is 0.251 e. The summed E-state index contributed by atoms with van der Waals surface area (Å²) >= 11 is 0. The van der Waals surface area contributed by atoms with Crippen LogP contribution in [0.2, 0.25) is 0 Å². The zero-order valence-corrected chi connectivity index (χ0v) is 10.4. The third kappa shape index (κ3) is 3.40. The first-order chi connectivity index (χ1) is 8.31. The molecule has 2 rings (SSSR count). The van der Waals surface area contributed by atoms with Gasteiger partial charge in [0.15, 0.2) is 0 Å². The number of hydrogen-bond donors (Lipinski definition) is 1. The highest BCUT2D eigenvalue weighted by Crippen LogP contribution is 2.15. The van der Waals surface area contributed by atoms with Gasteiger partial charge in [-0.2, -0.15) is 0 Å². The average Bonchev–Trinajstić information content (AvgIpc) is 2.90. The largest absolute Gasteiger partial charge is 0.368 e. The molecule has 17 heavy (non-hydrogen) atoms. The fraction of sp³-hybridized carbons (Fsp3) is 0.917. The van der Waals surface area contributed by atoms with Crippen LogP contribution in [0.25, 0.3) is 0 Å². The lowest BCUT2D eigenvalue weighted by Crippen LogP contribution is -2.51. The molecule has 0 spiro atoms. The molecule has 2 heterocycles. The Kier molecular flexibility index (Phi) is 4.76. The highest BCUT2D eigenvalue weighted by molar-refractivity contribution is 5.81. The molecule has 98 valence electrons. The molecular weight excluding hydrogens is 218 g/mol. The summed E-state index contributed by atoms with van der Waals surface area (Å²) in [5.74, 6) is 0.195. The number of nitrogens with two attached hydrogens (primary N) is 1. The highest BCUT2D eigenvalue weighted by Gasteiger charge is 2.29. The van der Waals surface area contributed by atoms with Gasteiger partial charge in [0.2, 0.25) is 0 Å². The van der Waals surface area contributed by atoms with Gasteiger partial charge in [-0.3, -0.25) is 9.69 Å². The molecule has 0 aliphatic carbocycles. The van der Waals surface area contributed by atoms with E-state index in [1.807, 2.05) is 4.90 Å². The summed E-state index contributed by atoms with van der Waals surface area (Å²) in [4.78, 5) is 16.4. The van der Waals surface area contributed by atoms with E-state index < -0.39 is 0 Å². The van der Waals surface area contributed by atoms with Gasteiger partial charge in [0.25, 0.3) is 5.91 Å². The molecule has 0 radical (unpaired) electrons. The summed E-state index contributed by atoms with van der Waals surface area (Å²) in [6, 6.07) is 0. The maximum absolute atomic E-state index is 12.1. The Hall–Kier alpha value is -0.650. The smallest absolute Gasteiger partial charge is 0.251 e. The van der Waals surface area contributed by atoms with Crippen molar-refractivity contribution in [3.05, 3.63) is 0 Å². The van der Waals surface area contributed by atoms with Gasteiger partial charge in [-0.05, 0) is 32.4 Å². The third-order valence-corrected chi connectivity index (χ3v) is 3.57. The first-order valence-electron chi connectivity index (χ1n) is 6.64. The molecule has 0 bridgehead atoms. The average molecular weight is 241 g/mol. The lowest BCUT2D eigenvalue weighted by atomic mass is 10.2. The van der Waals surface area contributed by atoms with Crippen LogP contribution in [0.3, 0.4) is 0 Å². The van der Waals surface area contributed by atoms with Crippen molar-refractivity contribution in [2.75, 3.05) is 45.9 Å². The van der Waals surface area contributed by atoms with Gasteiger partial charge >= 0.3 is 0 Å². The van der Waals surface area contributed by atoms with Crippen molar-refractivity contribution in [3.8, 4) is 0 Å². The van der Waals surface area contributed by atoms with Crippen LogP contribution in [0, 0.1) is 0 Å². The second-order valence-electron chi connectivity index (χ2n) is 4.81. The van der Waals surface area contributed by atoms with E-state index in [0.29, 0.717) is 0 Å². The SMILES string of the molecule is NCCCN1CCN(C(=O)[C@H]2CCCO2)CC1. The number of piperazine rings is 1. The summed E-state index contributed by atoms with van der Waals surface area (Å²) < 4.78 is 5.44. The molecule has 2 fully saturated rings. The van der Waals surface area contributed by atoms with Crippen molar-refractivity contribution in [1.82, 2.24) is 9.80 Å². The zero-order valence-electron chi connectivity index (χ0n) is 10.4. The molecular formula is C12H23N3O2. The Balaban J connectivity index is 1.72. The minimum absolute atomic E-state index is 0.161. The minimum Gasteiger partial charge on any atom is -0.368 e. The number of ether oxygens (including phenoxy) is 1. The Morgan fingerprint density at radius 1 is 1.29 bits per heavy atom. The molecule has 2 N–H and O–H groups in total. The van der Waals surface area contributed by atoms with Crippen LogP contribution < -0.4 is 5.73 Å². The van der Waals surface area contributed by atoms with Crippen molar-refractivity contribution in [3.63, 3.8) is 0 Å². The van der Waals surface area contributed by atoms with Crippen molar-refractivity contribution in [2.45, 2.75) is 25.4 Å². The Morgan fingerprint density at radius 3 is 2.65 bits per heavy atom. The van der Waals surface area contributed by atoms with Crippen molar-refractivity contribution >= 4 is 5.91 Å². The van der Waals surface area contributed by atoms with E-state index in [9.17, 15) is 4.79 Å². The highest BCUT2D eigenvalue weighted by atomic mass is 16.5. The minimum atomic E-state index is -0.161. The molecule has 2 aliphatic rings. The van der Waals surface area contributed by atoms with Crippen molar-refractivity contribution in [2.24, 2.45) is 5.73 Å². The first kappa shape index (κ1) is 12.8. The molecule has 0 saturated carbocycles. The van der Waals surface area contributed by atoms with Crippen LogP contribution in [-0.2, 0) is 9.53 Å². The summed E-state index contributed by atoms with van der Waals surface area (Å²) in [6.45, 7) is 6.16. The van der Waals surface area contributed by atoms with Crippen LogP contribution in [-0.4, -0.2) is 67.7 Å². The van der Waals surface area contributed by atoms with Gasteiger partial charge in [0.1, 0.15) is 6.10 Å². The standard InChI is InChI=1S/C12H23N3O2/c13-4-2-5-14-6-8-15(9-7-14)12(16)11-3-1-10-17-11/h11H,1-10,13H2/t11-/m1/s1. The number of amides is 1. The van der Waals surface area contributed by atoms with E-state index in [4.69, 9.17) is 10.5 Å². The number of nitrogens with zero attached hydrogens (tertiary/aromatic N) is 2. The van der Waals surface area contributed by atoms with Crippen LogP contribution in [0.5, 0.6) is 0 Å². The third-order valence-electron chi connectivity index (χ3n) is 3.57. The second-order valence-corrected chi connectivity index (χ2v) is 4.81. The summed E-state index contributed by atoms with van der Waals surface area (Å²) in [5.41, 5.74) is 5.50. The van der Waals surface area contributed by atoms with E-state index in [1.165, 1.54) is 0 Å². The van der Waals surface area contributed by atoms with Gasteiger partial charge in [-0.1, -0.05) is 0 Å². The zero-order chi connectivity index (χ0) is 12.1. The van der Waals surface area contributed by atoms with Gasteiger partial charge in [-0.15, -0.1) is 0 Å². The van der Waals surface area contributed by atoms with E-state index in [0.717, 1.165) is 65.1 Å². The number of hydrogen-bond acceptors (Lipinski definition) is 4. The fourth-order valence-electron chi connectivity index (χ4n) is 2.48. The van der Waals surface area contributed by atoms with E-state index in [-0.39, 0.29) is 12.0 Å².